The Morgan fingerprint density at radius 3 is 2.45 bits per heavy atom. The summed E-state index contributed by atoms with van der Waals surface area (Å²) in [7, 11) is 3.92. The first-order chi connectivity index (χ1) is 13.7. The molecule has 1 heterocycles. The molecule has 3 rings (SSSR count). The van der Waals surface area contributed by atoms with Crippen LogP contribution in [0.1, 0.15) is 16.7 Å². The van der Waals surface area contributed by atoms with Crippen LogP contribution in [-0.2, 0) is 23.9 Å². The quantitative estimate of drug-likeness (QED) is 0.673. The number of anilines is 2. The molecule has 1 aromatic heterocycles. The lowest BCUT2D eigenvalue weighted by atomic mass is 10.1. The number of aromatic nitrogens is 2. The average Bonchev–Trinajstić information content (AvgIpc) is 3.08. The average molecular weight is 402 g/mol. The van der Waals surface area contributed by atoms with Gasteiger partial charge in [0.15, 0.2) is 0 Å². The number of hydrogen-bond acceptors (Lipinski definition) is 3. The van der Waals surface area contributed by atoms with Crippen molar-refractivity contribution in [2.75, 3.05) is 24.3 Å². The molecule has 152 valence electrons. The second-order valence-electron chi connectivity index (χ2n) is 6.86. The van der Waals surface area contributed by atoms with E-state index < -0.39 is 17.6 Å². The zero-order chi connectivity index (χ0) is 21.0. The molecule has 0 bridgehead atoms. The molecule has 0 fully saturated rings. The van der Waals surface area contributed by atoms with Crippen LogP contribution in [0.5, 0.6) is 0 Å². The molecule has 0 saturated carbocycles. The van der Waals surface area contributed by atoms with Gasteiger partial charge in [-0.1, -0.05) is 30.3 Å². The van der Waals surface area contributed by atoms with Gasteiger partial charge in [0.25, 0.3) is 0 Å². The molecule has 5 nitrogen and oxygen atoms in total. The van der Waals surface area contributed by atoms with Crippen molar-refractivity contribution < 1.29 is 18.0 Å². The molecule has 0 radical (unpaired) electrons. The molecular weight excluding hydrogens is 381 g/mol. The van der Waals surface area contributed by atoms with Gasteiger partial charge in [0, 0.05) is 25.8 Å². The minimum atomic E-state index is -4.44. The van der Waals surface area contributed by atoms with Crippen LogP contribution in [0.25, 0.3) is 0 Å². The van der Waals surface area contributed by atoms with Gasteiger partial charge in [0.2, 0.25) is 5.91 Å². The van der Waals surface area contributed by atoms with E-state index >= 15 is 0 Å². The molecule has 1 amide bonds. The number of nitrogens with one attached hydrogen (secondary N) is 1. The van der Waals surface area contributed by atoms with E-state index in [9.17, 15) is 18.0 Å². The maximum absolute atomic E-state index is 12.8. The minimum absolute atomic E-state index is 0.160. The molecule has 0 aliphatic carbocycles. The maximum Gasteiger partial charge on any atom is 0.416 e. The SMILES string of the molecule is CN(C)c1ccc(Cn2nccc2NC(=O)Cc2cccc(C(F)(F)F)c2)cc1. The van der Waals surface area contributed by atoms with E-state index in [4.69, 9.17) is 0 Å². The summed E-state index contributed by atoms with van der Waals surface area (Å²) in [5.74, 6) is 0.0766. The number of benzene rings is 2. The lowest BCUT2D eigenvalue weighted by molar-refractivity contribution is -0.137. The van der Waals surface area contributed by atoms with Crippen LogP contribution >= 0.6 is 0 Å². The van der Waals surface area contributed by atoms with E-state index in [0.717, 1.165) is 23.4 Å². The van der Waals surface area contributed by atoms with Crippen LogP contribution < -0.4 is 10.2 Å². The molecule has 29 heavy (non-hydrogen) atoms. The van der Waals surface area contributed by atoms with E-state index in [2.05, 4.69) is 10.4 Å². The third-order valence-corrected chi connectivity index (χ3v) is 4.39. The molecule has 0 unspecified atom stereocenters. The van der Waals surface area contributed by atoms with Crippen molar-refractivity contribution >= 4 is 17.4 Å². The van der Waals surface area contributed by atoms with Crippen molar-refractivity contribution in [1.29, 1.82) is 0 Å². The molecule has 0 saturated heterocycles. The van der Waals surface area contributed by atoms with Crippen LogP contribution in [0.2, 0.25) is 0 Å². The van der Waals surface area contributed by atoms with Crippen molar-refractivity contribution in [3.05, 3.63) is 77.5 Å². The second-order valence-corrected chi connectivity index (χ2v) is 6.86. The fraction of sp³-hybridized carbons (Fsp3) is 0.238. The number of alkyl halides is 3. The van der Waals surface area contributed by atoms with Crippen molar-refractivity contribution in [2.24, 2.45) is 0 Å². The largest absolute Gasteiger partial charge is 0.416 e. The Morgan fingerprint density at radius 1 is 1.07 bits per heavy atom. The number of carbonyl (C=O) groups is 1. The number of carbonyl (C=O) groups excluding carboxylic acids is 1. The molecule has 1 N–H and O–H groups in total. The highest BCUT2D eigenvalue weighted by Gasteiger charge is 2.30. The summed E-state index contributed by atoms with van der Waals surface area (Å²) in [5, 5.41) is 6.94. The van der Waals surface area contributed by atoms with Crippen LogP contribution in [-0.4, -0.2) is 29.8 Å². The van der Waals surface area contributed by atoms with Crippen molar-refractivity contribution in [1.82, 2.24) is 9.78 Å². The third kappa shape index (κ3) is 5.37. The van der Waals surface area contributed by atoms with Crippen LogP contribution in [0.4, 0.5) is 24.7 Å². The monoisotopic (exact) mass is 402 g/mol. The molecule has 0 spiro atoms. The van der Waals surface area contributed by atoms with E-state index in [0.29, 0.717) is 17.9 Å². The fourth-order valence-electron chi connectivity index (χ4n) is 2.87. The summed E-state index contributed by atoms with van der Waals surface area (Å²) < 4.78 is 40.1. The fourth-order valence-corrected chi connectivity index (χ4v) is 2.87. The maximum atomic E-state index is 12.8. The summed E-state index contributed by atoms with van der Waals surface area (Å²) in [6, 6.07) is 14.4. The highest BCUT2D eigenvalue weighted by Crippen LogP contribution is 2.29. The molecule has 0 aliphatic rings. The van der Waals surface area contributed by atoms with Crippen molar-refractivity contribution in [3.63, 3.8) is 0 Å². The Labute approximate surface area is 166 Å². The Morgan fingerprint density at radius 2 is 1.79 bits per heavy atom. The third-order valence-electron chi connectivity index (χ3n) is 4.39. The van der Waals surface area contributed by atoms with Gasteiger partial charge >= 0.3 is 6.18 Å². The number of rotatable bonds is 6. The second kappa shape index (κ2) is 8.38. The van der Waals surface area contributed by atoms with Crippen LogP contribution in [0.15, 0.2) is 60.8 Å². The summed E-state index contributed by atoms with van der Waals surface area (Å²) in [5.41, 5.74) is 1.60. The first-order valence-corrected chi connectivity index (χ1v) is 8.96. The Kier molecular flexibility index (Phi) is 5.91. The minimum Gasteiger partial charge on any atom is -0.378 e. The number of halogens is 3. The lowest BCUT2D eigenvalue weighted by Crippen LogP contribution is -2.18. The standard InChI is InChI=1S/C21H21F3N4O/c1-27(2)18-8-6-15(7-9-18)14-28-19(10-11-25-28)26-20(29)13-16-4-3-5-17(12-16)21(22,23)24/h3-12H,13-14H2,1-2H3,(H,26,29). The molecule has 2 aromatic carbocycles. The zero-order valence-electron chi connectivity index (χ0n) is 16.1. The Bertz CT molecular complexity index is 978. The van der Waals surface area contributed by atoms with E-state index in [1.54, 1.807) is 16.9 Å². The summed E-state index contributed by atoms with van der Waals surface area (Å²) in [6.45, 7) is 0.458. The van der Waals surface area contributed by atoms with Gasteiger partial charge in [0.1, 0.15) is 5.82 Å². The number of hydrogen-bond donors (Lipinski definition) is 1. The van der Waals surface area contributed by atoms with E-state index in [1.165, 1.54) is 12.1 Å². The van der Waals surface area contributed by atoms with Crippen LogP contribution in [0, 0.1) is 0 Å². The van der Waals surface area contributed by atoms with Gasteiger partial charge in [-0.15, -0.1) is 0 Å². The van der Waals surface area contributed by atoms with Gasteiger partial charge in [-0.2, -0.15) is 18.3 Å². The predicted molar refractivity (Wildman–Crippen MR) is 106 cm³/mol. The van der Waals surface area contributed by atoms with Gasteiger partial charge in [-0.05, 0) is 29.3 Å². The van der Waals surface area contributed by atoms with Gasteiger partial charge in [-0.3, -0.25) is 4.79 Å². The first kappa shape index (κ1) is 20.4. The lowest BCUT2D eigenvalue weighted by Gasteiger charge is -2.13. The molecule has 0 aliphatic heterocycles. The van der Waals surface area contributed by atoms with Gasteiger partial charge in [-0.25, -0.2) is 4.68 Å². The highest BCUT2D eigenvalue weighted by molar-refractivity contribution is 5.91. The summed E-state index contributed by atoms with van der Waals surface area (Å²) >= 11 is 0. The van der Waals surface area contributed by atoms with Gasteiger partial charge in [0.05, 0.1) is 24.7 Å². The van der Waals surface area contributed by atoms with Crippen LogP contribution in [0.3, 0.4) is 0 Å². The Hall–Kier alpha value is -3.29. The van der Waals surface area contributed by atoms with Crippen molar-refractivity contribution in [3.8, 4) is 0 Å². The molecule has 0 atom stereocenters. The van der Waals surface area contributed by atoms with E-state index in [1.807, 2.05) is 43.3 Å². The molecule has 8 heteroatoms. The first-order valence-electron chi connectivity index (χ1n) is 8.96. The normalized spacial score (nSPS) is 11.3. The smallest absolute Gasteiger partial charge is 0.378 e. The number of amides is 1. The topological polar surface area (TPSA) is 50.2 Å². The summed E-state index contributed by atoms with van der Waals surface area (Å²) in [6.07, 6.45) is -3.03. The van der Waals surface area contributed by atoms with Gasteiger partial charge < -0.3 is 10.2 Å². The summed E-state index contributed by atoms with van der Waals surface area (Å²) in [4.78, 5) is 14.3. The zero-order valence-corrected chi connectivity index (χ0v) is 16.1. The molecular formula is C21H21F3N4O. The Balaban J connectivity index is 1.66. The predicted octanol–water partition coefficient (Wildman–Crippen LogP) is 4.20. The molecule has 3 aromatic rings. The number of nitrogens with zero attached hydrogens (tertiary/aromatic N) is 3. The highest BCUT2D eigenvalue weighted by atomic mass is 19.4. The van der Waals surface area contributed by atoms with E-state index in [-0.39, 0.29) is 6.42 Å². The van der Waals surface area contributed by atoms with Crippen molar-refractivity contribution in [2.45, 2.75) is 19.1 Å².